The summed E-state index contributed by atoms with van der Waals surface area (Å²) >= 11 is 0. The molecule has 0 aromatic heterocycles. The molecule has 5 heteroatoms. The summed E-state index contributed by atoms with van der Waals surface area (Å²) in [6.45, 7) is 8.10. The summed E-state index contributed by atoms with van der Waals surface area (Å²) in [6, 6.07) is 0. The molecule has 4 aliphatic carbocycles. The molecule has 0 bridgehead atoms. The van der Waals surface area contributed by atoms with Gasteiger partial charge in [-0.05, 0) is 74.2 Å². The molecule has 0 heterocycles. The molecule has 172 valence electrons. The number of ketones is 2. The number of rotatable bonds is 5. The van der Waals surface area contributed by atoms with E-state index in [1.54, 1.807) is 0 Å². The molecule has 3 saturated carbocycles. The predicted molar refractivity (Wildman–Crippen MR) is 117 cm³/mol. The number of esters is 1. The molecule has 3 fully saturated rings. The topological polar surface area (TPSA) is 80.7 Å². The van der Waals surface area contributed by atoms with E-state index in [1.807, 2.05) is 19.9 Å². The number of hydrogen-bond donors (Lipinski definition) is 1. The first-order valence-electron chi connectivity index (χ1n) is 12.3. The van der Waals surface area contributed by atoms with Gasteiger partial charge in [0.2, 0.25) is 0 Å². The van der Waals surface area contributed by atoms with Crippen LogP contribution in [-0.4, -0.2) is 34.3 Å². The highest BCUT2D eigenvalue weighted by atomic mass is 16.6. The van der Waals surface area contributed by atoms with Crippen LogP contribution in [0, 0.1) is 28.6 Å². The Morgan fingerprint density at radius 1 is 1.16 bits per heavy atom. The van der Waals surface area contributed by atoms with Crippen LogP contribution in [0.15, 0.2) is 11.6 Å². The molecule has 0 saturated heterocycles. The van der Waals surface area contributed by atoms with Gasteiger partial charge >= 0.3 is 5.97 Å². The van der Waals surface area contributed by atoms with Gasteiger partial charge in [0, 0.05) is 24.7 Å². The van der Waals surface area contributed by atoms with E-state index in [9.17, 15) is 19.5 Å². The minimum absolute atomic E-state index is 0.00141. The largest absolute Gasteiger partial charge is 0.450 e. The van der Waals surface area contributed by atoms with Crippen LogP contribution in [0.5, 0.6) is 0 Å². The van der Waals surface area contributed by atoms with Crippen molar-refractivity contribution in [1.82, 2.24) is 0 Å². The maximum absolute atomic E-state index is 13.3. The van der Waals surface area contributed by atoms with Gasteiger partial charge in [-0.2, -0.15) is 0 Å². The number of hydrogen-bond acceptors (Lipinski definition) is 5. The Labute approximate surface area is 186 Å². The van der Waals surface area contributed by atoms with Gasteiger partial charge in [-0.3, -0.25) is 14.4 Å². The molecule has 5 nitrogen and oxygen atoms in total. The maximum Gasteiger partial charge on any atom is 0.306 e. The van der Waals surface area contributed by atoms with E-state index >= 15 is 0 Å². The third kappa shape index (κ3) is 3.17. The highest BCUT2D eigenvalue weighted by Crippen LogP contribution is 2.68. The Morgan fingerprint density at radius 2 is 1.90 bits per heavy atom. The van der Waals surface area contributed by atoms with E-state index in [2.05, 4.69) is 13.8 Å². The number of ether oxygens (including phenoxy) is 1. The lowest BCUT2D eigenvalue weighted by Crippen LogP contribution is -2.62. The van der Waals surface area contributed by atoms with Gasteiger partial charge in [0.25, 0.3) is 0 Å². The number of Topliss-reactive ketones (excluding diaryl/α,β-unsaturated/α-hetero) is 1. The maximum atomic E-state index is 13.3. The van der Waals surface area contributed by atoms with Crippen molar-refractivity contribution in [3.63, 3.8) is 0 Å². The molecular formula is C26H38O5. The van der Waals surface area contributed by atoms with Crippen LogP contribution in [0.2, 0.25) is 0 Å². The van der Waals surface area contributed by atoms with Crippen LogP contribution < -0.4 is 0 Å². The second-order valence-electron chi connectivity index (χ2n) is 10.9. The molecule has 4 aliphatic rings. The van der Waals surface area contributed by atoms with E-state index in [1.165, 1.54) is 5.57 Å². The Bertz CT molecular complexity index is 815. The average molecular weight is 431 g/mol. The average Bonchev–Trinajstić information content (AvgIpc) is 3.00. The van der Waals surface area contributed by atoms with Crippen molar-refractivity contribution in [3.8, 4) is 0 Å². The number of fused-ring (bicyclic) bond motifs is 5. The zero-order chi connectivity index (χ0) is 22.6. The SMILES string of the molecule is CCCC(=O)O[C@]1(C(=O)CC)CC[C@H]2[C@@H]3CCC4=CC(=O)CC[C@@]4(C)[C@H]3[C@@H](O)C[C@@]21C. The first-order valence-corrected chi connectivity index (χ1v) is 12.3. The number of aliphatic hydroxyl groups is 1. The number of carbonyl (C=O) groups is 3. The summed E-state index contributed by atoms with van der Waals surface area (Å²) < 4.78 is 6.08. The van der Waals surface area contributed by atoms with Crippen LogP contribution in [0.3, 0.4) is 0 Å². The van der Waals surface area contributed by atoms with E-state index in [4.69, 9.17) is 4.74 Å². The molecule has 0 aromatic carbocycles. The molecule has 0 radical (unpaired) electrons. The van der Waals surface area contributed by atoms with Crippen molar-refractivity contribution in [2.75, 3.05) is 0 Å². The normalized spacial score (nSPS) is 44.0. The predicted octanol–water partition coefficient (Wildman–Crippen LogP) is 4.55. The quantitative estimate of drug-likeness (QED) is 0.647. The molecular weight excluding hydrogens is 392 g/mol. The lowest BCUT2D eigenvalue weighted by molar-refractivity contribution is -0.201. The summed E-state index contributed by atoms with van der Waals surface area (Å²) in [7, 11) is 0. The van der Waals surface area contributed by atoms with E-state index in [-0.39, 0.29) is 40.7 Å². The third-order valence-corrected chi connectivity index (χ3v) is 9.53. The summed E-state index contributed by atoms with van der Waals surface area (Å²) in [4.78, 5) is 38.0. The van der Waals surface area contributed by atoms with Gasteiger partial charge in [0.05, 0.1) is 6.10 Å². The minimum Gasteiger partial charge on any atom is -0.450 e. The van der Waals surface area contributed by atoms with Crippen molar-refractivity contribution >= 4 is 17.5 Å². The first kappa shape index (κ1) is 22.7. The van der Waals surface area contributed by atoms with Gasteiger partial charge in [-0.25, -0.2) is 0 Å². The molecule has 0 aliphatic heterocycles. The fourth-order valence-electron chi connectivity index (χ4n) is 8.09. The van der Waals surface area contributed by atoms with Gasteiger partial charge < -0.3 is 9.84 Å². The highest BCUT2D eigenvalue weighted by molar-refractivity contribution is 5.92. The Hall–Kier alpha value is -1.49. The van der Waals surface area contributed by atoms with E-state index in [0.29, 0.717) is 38.5 Å². The van der Waals surface area contributed by atoms with E-state index < -0.39 is 17.1 Å². The Kier molecular flexibility index (Phi) is 5.73. The lowest BCUT2D eigenvalue weighted by Gasteiger charge is -2.60. The fourth-order valence-corrected chi connectivity index (χ4v) is 8.09. The fraction of sp³-hybridized carbons (Fsp3) is 0.808. The van der Waals surface area contributed by atoms with Crippen molar-refractivity contribution in [2.24, 2.45) is 28.6 Å². The van der Waals surface area contributed by atoms with E-state index in [0.717, 1.165) is 25.7 Å². The summed E-state index contributed by atoms with van der Waals surface area (Å²) in [5.41, 5.74) is -0.622. The van der Waals surface area contributed by atoms with Crippen LogP contribution in [0.1, 0.15) is 91.9 Å². The minimum atomic E-state index is -1.12. The standard InChI is InChI=1S/C26H38O5/c1-5-7-22(30)31-26(21(29)6-2)13-11-19-18-9-8-16-14-17(27)10-12-24(16,3)23(18)20(28)15-25(19,26)4/h14,18-20,23,28H,5-13,15H2,1-4H3/t18-,19-,20-,23+,24+,25-,26-/m0/s1. The number of allylic oxidation sites excluding steroid dienone is 1. The van der Waals surface area contributed by atoms with Crippen LogP contribution in [0.4, 0.5) is 0 Å². The molecule has 1 N–H and O–H groups in total. The smallest absolute Gasteiger partial charge is 0.306 e. The molecule has 0 amide bonds. The third-order valence-electron chi connectivity index (χ3n) is 9.53. The Morgan fingerprint density at radius 3 is 2.58 bits per heavy atom. The number of carbonyl (C=O) groups excluding carboxylic acids is 3. The monoisotopic (exact) mass is 430 g/mol. The molecule has 0 spiro atoms. The van der Waals surface area contributed by atoms with Crippen molar-refractivity contribution < 1.29 is 24.2 Å². The van der Waals surface area contributed by atoms with Gasteiger partial charge in [0.1, 0.15) is 0 Å². The number of aliphatic hydroxyl groups excluding tert-OH is 1. The molecule has 31 heavy (non-hydrogen) atoms. The first-order chi connectivity index (χ1) is 14.6. The zero-order valence-electron chi connectivity index (χ0n) is 19.5. The highest BCUT2D eigenvalue weighted by Gasteiger charge is 2.70. The van der Waals surface area contributed by atoms with Crippen molar-refractivity contribution in [2.45, 2.75) is 104 Å². The van der Waals surface area contributed by atoms with Crippen molar-refractivity contribution in [3.05, 3.63) is 11.6 Å². The van der Waals surface area contributed by atoms with Gasteiger partial charge in [-0.1, -0.05) is 33.3 Å². The molecule has 4 rings (SSSR count). The van der Waals surface area contributed by atoms with Crippen LogP contribution in [0.25, 0.3) is 0 Å². The summed E-state index contributed by atoms with van der Waals surface area (Å²) in [5, 5.41) is 11.5. The zero-order valence-corrected chi connectivity index (χ0v) is 19.5. The van der Waals surface area contributed by atoms with Gasteiger partial charge in [0.15, 0.2) is 17.2 Å². The second kappa shape index (κ2) is 7.83. The van der Waals surface area contributed by atoms with Crippen LogP contribution >= 0.6 is 0 Å². The van der Waals surface area contributed by atoms with Gasteiger partial charge in [-0.15, -0.1) is 0 Å². The molecule has 0 unspecified atom stereocenters. The van der Waals surface area contributed by atoms with Crippen LogP contribution in [-0.2, 0) is 19.1 Å². The Balaban J connectivity index is 1.73. The summed E-state index contributed by atoms with van der Waals surface area (Å²) in [5.74, 6) is 0.519. The summed E-state index contributed by atoms with van der Waals surface area (Å²) in [6.07, 6.45) is 7.64. The molecule has 7 atom stereocenters. The lowest BCUT2D eigenvalue weighted by atomic mass is 9.45. The second-order valence-corrected chi connectivity index (χ2v) is 10.9. The molecule has 0 aromatic rings. The van der Waals surface area contributed by atoms with Crippen molar-refractivity contribution in [1.29, 1.82) is 0 Å².